The Hall–Kier alpha value is -1.59. The average molecular weight is 368 g/mol. The number of nitro groups is 1. The largest absolute Gasteiger partial charge is 0.382 e. The molecule has 6 heteroatoms. The first-order chi connectivity index (χ1) is 10.0. The molecule has 2 aromatic rings. The first-order valence-electron chi connectivity index (χ1n) is 6.51. The third-order valence-corrected chi connectivity index (χ3v) is 4.49. The number of hydrogen-bond acceptors (Lipinski definition) is 3. The van der Waals surface area contributed by atoms with E-state index in [2.05, 4.69) is 27.3 Å². The molecule has 0 aliphatic heterocycles. The second-order valence-corrected chi connectivity index (χ2v) is 6.38. The number of nitrogens with one attached hydrogen (secondary N) is 1. The molecule has 0 heterocycles. The van der Waals surface area contributed by atoms with Crippen molar-refractivity contribution in [3.8, 4) is 0 Å². The van der Waals surface area contributed by atoms with Crippen LogP contribution in [0.4, 0.5) is 11.4 Å². The monoisotopic (exact) mass is 366 g/mol. The Bertz CT molecular complexity index is 721. The van der Waals surface area contributed by atoms with Gasteiger partial charge in [-0.3, -0.25) is 10.1 Å². The standard InChI is InChI=1S/C15H12BrClN2O2/c16-14-8-12(3-4-15(14)19(20)21)18-13-6-9-1-2-11(17)5-10(9)7-13/h1-5,8,13,18H,6-7H2. The van der Waals surface area contributed by atoms with Gasteiger partial charge < -0.3 is 5.32 Å². The van der Waals surface area contributed by atoms with E-state index in [-0.39, 0.29) is 11.7 Å². The number of halogens is 2. The molecule has 1 aliphatic rings. The van der Waals surface area contributed by atoms with Gasteiger partial charge in [0, 0.05) is 22.8 Å². The third kappa shape index (κ3) is 3.04. The lowest BCUT2D eigenvalue weighted by atomic mass is 10.1. The van der Waals surface area contributed by atoms with E-state index in [9.17, 15) is 10.1 Å². The zero-order chi connectivity index (χ0) is 15.0. The molecule has 1 atom stereocenters. The van der Waals surface area contributed by atoms with Crippen LogP contribution in [0.1, 0.15) is 11.1 Å². The highest BCUT2D eigenvalue weighted by Crippen LogP contribution is 2.30. The van der Waals surface area contributed by atoms with E-state index >= 15 is 0 Å². The van der Waals surface area contributed by atoms with Crippen LogP contribution in [0.5, 0.6) is 0 Å². The van der Waals surface area contributed by atoms with Gasteiger partial charge in [0.05, 0.1) is 9.40 Å². The minimum absolute atomic E-state index is 0.0713. The number of nitro benzene ring substituents is 1. The first-order valence-corrected chi connectivity index (χ1v) is 7.68. The second-order valence-electron chi connectivity index (χ2n) is 5.09. The van der Waals surface area contributed by atoms with Gasteiger partial charge in [-0.15, -0.1) is 0 Å². The molecule has 4 nitrogen and oxygen atoms in total. The molecular formula is C15H12BrClN2O2. The highest BCUT2D eigenvalue weighted by atomic mass is 79.9. The summed E-state index contributed by atoms with van der Waals surface area (Å²) in [5.41, 5.74) is 3.51. The molecule has 0 aromatic heterocycles. The summed E-state index contributed by atoms with van der Waals surface area (Å²) in [6.07, 6.45) is 1.84. The minimum atomic E-state index is -0.402. The highest BCUT2D eigenvalue weighted by Gasteiger charge is 2.22. The number of anilines is 1. The zero-order valence-corrected chi connectivity index (χ0v) is 13.3. The molecule has 0 amide bonds. The van der Waals surface area contributed by atoms with Crippen LogP contribution in [0.15, 0.2) is 40.9 Å². The van der Waals surface area contributed by atoms with Crippen molar-refractivity contribution in [3.05, 3.63) is 67.1 Å². The Morgan fingerprint density at radius 2 is 1.95 bits per heavy atom. The van der Waals surface area contributed by atoms with Crippen LogP contribution in [0.3, 0.4) is 0 Å². The minimum Gasteiger partial charge on any atom is -0.382 e. The number of hydrogen-bond donors (Lipinski definition) is 1. The quantitative estimate of drug-likeness (QED) is 0.637. The molecule has 0 bridgehead atoms. The van der Waals surface area contributed by atoms with Gasteiger partial charge in [-0.05, 0) is 64.2 Å². The number of nitrogens with zero attached hydrogens (tertiary/aromatic N) is 1. The molecule has 1 N–H and O–H groups in total. The Morgan fingerprint density at radius 1 is 1.19 bits per heavy atom. The predicted octanol–water partition coefficient (Wildman–Crippen LogP) is 4.59. The fraction of sp³-hybridized carbons (Fsp3) is 0.200. The molecule has 1 aliphatic carbocycles. The third-order valence-electron chi connectivity index (χ3n) is 3.62. The highest BCUT2D eigenvalue weighted by molar-refractivity contribution is 9.10. The fourth-order valence-electron chi connectivity index (χ4n) is 2.67. The number of fused-ring (bicyclic) bond motifs is 1. The van der Waals surface area contributed by atoms with Crippen LogP contribution in [0.25, 0.3) is 0 Å². The van der Waals surface area contributed by atoms with Crippen molar-refractivity contribution >= 4 is 38.9 Å². The van der Waals surface area contributed by atoms with E-state index in [0.29, 0.717) is 4.47 Å². The van der Waals surface area contributed by atoms with Crippen molar-refractivity contribution in [1.82, 2.24) is 0 Å². The van der Waals surface area contributed by atoms with Crippen LogP contribution in [0.2, 0.25) is 5.02 Å². The summed E-state index contributed by atoms with van der Waals surface area (Å²) < 4.78 is 0.482. The molecule has 0 fully saturated rings. The summed E-state index contributed by atoms with van der Waals surface area (Å²) >= 11 is 9.24. The van der Waals surface area contributed by atoms with Crippen molar-refractivity contribution in [2.24, 2.45) is 0 Å². The smallest absolute Gasteiger partial charge is 0.283 e. The summed E-state index contributed by atoms with van der Waals surface area (Å²) in [7, 11) is 0. The lowest BCUT2D eigenvalue weighted by Crippen LogP contribution is -2.19. The van der Waals surface area contributed by atoms with Crippen molar-refractivity contribution in [3.63, 3.8) is 0 Å². The van der Waals surface area contributed by atoms with Crippen LogP contribution in [-0.2, 0) is 12.8 Å². The Kier molecular flexibility index (Phi) is 3.87. The van der Waals surface area contributed by atoms with E-state index in [1.165, 1.54) is 17.2 Å². The molecule has 0 radical (unpaired) electrons. The Morgan fingerprint density at radius 3 is 2.67 bits per heavy atom. The van der Waals surface area contributed by atoms with Gasteiger partial charge in [-0.2, -0.15) is 0 Å². The maximum Gasteiger partial charge on any atom is 0.283 e. The molecule has 0 saturated heterocycles. The summed E-state index contributed by atoms with van der Waals surface area (Å²) in [4.78, 5) is 10.4. The second kappa shape index (κ2) is 5.66. The molecule has 2 aromatic carbocycles. The molecular weight excluding hydrogens is 356 g/mol. The van der Waals surface area contributed by atoms with Gasteiger partial charge in [0.1, 0.15) is 0 Å². The van der Waals surface area contributed by atoms with E-state index in [4.69, 9.17) is 11.6 Å². The van der Waals surface area contributed by atoms with E-state index in [1.807, 2.05) is 12.1 Å². The summed E-state index contributed by atoms with van der Waals surface area (Å²) in [6, 6.07) is 11.2. The molecule has 1 unspecified atom stereocenters. The van der Waals surface area contributed by atoms with Gasteiger partial charge in [0.15, 0.2) is 0 Å². The topological polar surface area (TPSA) is 55.2 Å². The molecule has 3 rings (SSSR count). The van der Waals surface area contributed by atoms with Crippen molar-refractivity contribution < 1.29 is 4.92 Å². The van der Waals surface area contributed by atoms with Gasteiger partial charge in [-0.25, -0.2) is 0 Å². The lowest BCUT2D eigenvalue weighted by Gasteiger charge is -2.13. The average Bonchev–Trinajstić information content (AvgIpc) is 2.79. The van der Waals surface area contributed by atoms with Crippen molar-refractivity contribution in [1.29, 1.82) is 0 Å². The Balaban J connectivity index is 1.74. The normalized spacial score (nSPS) is 16.6. The Labute approximate surface area is 135 Å². The fourth-order valence-corrected chi connectivity index (χ4v) is 3.39. The molecule has 0 spiro atoms. The number of rotatable bonds is 3. The van der Waals surface area contributed by atoms with Crippen molar-refractivity contribution in [2.75, 3.05) is 5.32 Å². The van der Waals surface area contributed by atoms with Crippen LogP contribution in [0, 0.1) is 10.1 Å². The maximum absolute atomic E-state index is 10.8. The maximum atomic E-state index is 10.8. The number of benzene rings is 2. The summed E-state index contributed by atoms with van der Waals surface area (Å²) in [6.45, 7) is 0. The van der Waals surface area contributed by atoms with Gasteiger partial charge >= 0.3 is 0 Å². The van der Waals surface area contributed by atoms with Crippen LogP contribution in [-0.4, -0.2) is 11.0 Å². The zero-order valence-electron chi connectivity index (χ0n) is 11.0. The van der Waals surface area contributed by atoms with Crippen molar-refractivity contribution in [2.45, 2.75) is 18.9 Å². The first kappa shape index (κ1) is 14.4. The molecule has 21 heavy (non-hydrogen) atoms. The molecule has 108 valence electrons. The van der Waals surface area contributed by atoms with Crippen LogP contribution < -0.4 is 5.32 Å². The van der Waals surface area contributed by atoms with Gasteiger partial charge in [0.2, 0.25) is 0 Å². The summed E-state index contributed by atoms with van der Waals surface area (Å²) in [5.74, 6) is 0. The predicted molar refractivity (Wildman–Crippen MR) is 87.1 cm³/mol. The van der Waals surface area contributed by atoms with E-state index in [0.717, 1.165) is 23.6 Å². The van der Waals surface area contributed by atoms with E-state index < -0.39 is 4.92 Å². The van der Waals surface area contributed by atoms with Crippen LogP contribution >= 0.6 is 27.5 Å². The summed E-state index contributed by atoms with van der Waals surface area (Å²) in [5, 5.41) is 15.0. The SMILES string of the molecule is O=[N+]([O-])c1ccc(NC2Cc3ccc(Cl)cc3C2)cc1Br. The lowest BCUT2D eigenvalue weighted by molar-refractivity contribution is -0.385. The molecule has 0 saturated carbocycles. The van der Waals surface area contributed by atoms with Gasteiger partial charge in [0.25, 0.3) is 5.69 Å². The van der Waals surface area contributed by atoms with Gasteiger partial charge in [-0.1, -0.05) is 17.7 Å². The van der Waals surface area contributed by atoms with E-state index in [1.54, 1.807) is 12.1 Å².